The van der Waals surface area contributed by atoms with Gasteiger partial charge in [-0.1, -0.05) is 57.2 Å². The minimum Gasteiger partial charge on any atom is -0.391 e. The smallest absolute Gasteiger partial charge is 0.391 e. The Balaban J connectivity index is 0.841. The fraction of sp³-hybridized carbons (Fsp3) is 0.385. The van der Waals surface area contributed by atoms with Gasteiger partial charge in [-0.15, -0.1) is 11.3 Å². The Morgan fingerprint density at radius 1 is 0.972 bits per heavy atom. The Bertz CT molecular complexity index is 2850. The fourth-order valence-corrected chi connectivity index (χ4v) is 9.96. The fourth-order valence-electron chi connectivity index (χ4n) is 8.63. The molecule has 2 aromatic heterocycles. The van der Waals surface area contributed by atoms with Gasteiger partial charge >= 0.3 is 6.18 Å². The quantitative estimate of drug-likeness (QED) is 0.0519. The van der Waals surface area contributed by atoms with Crippen molar-refractivity contribution in [1.29, 1.82) is 5.26 Å². The van der Waals surface area contributed by atoms with Crippen LogP contribution in [0.2, 0.25) is 0 Å². The number of hydrogen-bond donors (Lipinski definition) is 4. The van der Waals surface area contributed by atoms with Crippen molar-refractivity contribution in [3.63, 3.8) is 0 Å². The SMILES string of the molecule is Cc1ncsc1-c1ccc(CNC(=O)[C@@H]2C[C@@H](O)CN2C(=O)C(NC(=O)COCCCCNc2ccc(-c3ccc(N4C(=S)N(c5ccc(C#N)c(C(F)(F)F)c5)C(=O)C4(C)C)cc3)cn2)C(C)(C)C)cc1. The number of likely N-dealkylation sites (tertiary alicyclic amines) is 1. The van der Waals surface area contributed by atoms with Gasteiger partial charge in [0.15, 0.2) is 5.11 Å². The van der Waals surface area contributed by atoms with Crippen LogP contribution in [0.3, 0.4) is 0 Å². The number of nitrogens with one attached hydrogen (secondary N) is 3. The van der Waals surface area contributed by atoms with Crippen molar-refractivity contribution in [2.75, 3.05) is 41.4 Å². The molecule has 0 bridgehead atoms. The number of ether oxygens (including phenoxy) is 1. The molecule has 0 radical (unpaired) electrons. The number of alkyl halides is 3. The van der Waals surface area contributed by atoms with Crippen LogP contribution < -0.4 is 25.8 Å². The molecule has 0 saturated carbocycles. The highest BCUT2D eigenvalue weighted by Crippen LogP contribution is 2.40. The molecular formula is C52H56F3N9O6S2. The zero-order chi connectivity index (χ0) is 52.1. The number of aryl methyl sites for hydroxylation is 1. The van der Waals surface area contributed by atoms with Crippen molar-refractivity contribution in [3.8, 4) is 27.6 Å². The number of aliphatic hydroxyl groups is 1. The number of anilines is 3. The number of benzene rings is 3. The first-order valence-electron chi connectivity index (χ1n) is 23.3. The normalized spacial score (nSPS) is 17.2. The minimum absolute atomic E-state index is 0.00112. The number of unbranched alkanes of at least 4 members (excludes halogenated alkanes) is 1. The maximum Gasteiger partial charge on any atom is 0.417 e. The maximum atomic E-state index is 14.0. The van der Waals surface area contributed by atoms with Crippen molar-refractivity contribution in [2.45, 2.75) is 97.3 Å². The third kappa shape index (κ3) is 11.9. The summed E-state index contributed by atoms with van der Waals surface area (Å²) in [5.74, 6) is -1.20. The molecule has 20 heteroatoms. The van der Waals surface area contributed by atoms with Gasteiger partial charge in [-0.2, -0.15) is 18.4 Å². The number of carbonyl (C=O) groups is 4. The molecule has 2 aliphatic rings. The van der Waals surface area contributed by atoms with E-state index in [0.29, 0.717) is 37.5 Å². The molecule has 378 valence electrons. The van der Waals surface area contributed by atoms with E-state index >= 15 is 0 Å². The number of rotatable bonds is 17. The molecular weight excluding hydrogens is 968 g/mol. The van der Waals surface area contributed by atoms with Crippen LogP contribution >= 0.6 is 23.6 Å². The summed E-state index contributed by atoms with van der Waals surface area (Å²) in [4.78, 5) is 68.1. The standard InChI is InChI=1S/C52H56F3N9O6S2/c1-31-44(72-30-60-31)34-11-9-32(10-12-34)26-59-46(67)41-24-39(65)28-62(41)47(68)45(50(2,3)4)61-43(66)29-70-22-8-7-21-57-42-20-16-36(27-58-42)33-13-17-37(18-14-33)64-49(71)63(48(69)51(64,5)6)38-19-15-35(25-56)40(23-38)52(53,54)55/h9-20,23,27,30,39,41,45,65H,7-8,21-22,24,26,28-29H2,1-6H3,(H,57,58)(H,59,67)(H,61,66)/t39-,41+,45?/m1/s1. The Labute approximate surface area is 425 Å². The monoisotopic (exact) mass is 1020 g/mol. The Kier molecular flexibility index (Phi) is 16.1. The number of amides is 4. The molecule has 7 rings (SSSR count). The predicted molar refractivity (Wildman–Crippen MR) is 273 cm³/mol. The van der Waals surface area contributed by atoms with Gasteiger partial charge in [-0.25, -0.2) is 9.97 Å². The van der Waals surface area contributed by atoms with Gasteiger partial charge in [0, 0.05) is 50.1 Å². The van der Waals surface area contributed by atoms with Crippen LogP contribution in [0.25, 0.3) is 21.6 Å². The van der Waals surface area contributed by atoms with Gasteiger partial charge in [0.1, 0.15) is 30.0 Å². The van der Waals surface area contributed by atoms with Crippen molar-refractivity contribution in [2.24, 2.45) is 5.41 Å². The number of thiazole rings is 1. The van der Waals surface area contributed by atoms with E-state index in [1.807, 2.05) is 76.2 Å². The van der Waals surface area contributed by atoms with E-state index in [9.17, 15) is 42.7 Å². The summed E-state index contributed by atoms with van der Waals surface area (Å²) in [7, 11) is 0. The molecule has 4 N–H and O–H groups in total. The number of thiocarbonyl (C=S) groups is 1. The second-order valence-electron chi connectivity index (χ2n) is 19.3. The molecule has 2 aliphatic heterocycles. The summed E-state index contributed by atoms with van der Waals surface area (Å²) >= 11 is 7.23. The number of aliphatic hydroxyl groups excluding tert-OH is 1. The van der Waals surface area contributed by atoms with E-state index in [-0.39, 0.29) is 42.8 Å². The molecule has 2 saturated heterocycles. The summed E-state index contributed by atoms with van der Waals surface area (Å²) in [6, 6.07) is 21.5. The first-order chi connectivity index (χ1) is 34.1. The molecule has 5 aromatic rings. The van der Waals surface area contributed by atoms with E-state index in [4.69, 9.17) is 17.0 Å². The van der Waals surface area contributed by atoms with Gasteiger partial charge in [0.2, 0.25) is 17.7 Å². The molecule has 2 fully saturated rings. The van der Waals surface area contributed by atoms with E-state index in [2.05, 4.69) is 25.9 Å². The Morgan fingerprint density at radius 2 is 1.65 bits per heavy atom. The second kappa shape index (κ2) is 21.9. The lowest BCUT2D eigenvalue weighted by atomic mass is 9.85. The van der Waals surface area contributed by atoms with Gasteiger partial charge in [-0.3, -0.25) is 24.1 Å². The second-order valence-corrected chi connectivity index (χ2v) is 20.5. The number of β-amino-alcohol motifs (C(OH)–C–C–N with tert-alkyl or cyclic N) is 1. The average Bonchev–Trinajstić information content (AvgIpc) is 4.01. The summed E-state index contributed by atoms with van der Waals surface area (Å²) in [6.07, 6.45) is -2.57. The molecule has 15 nitrogen and oxygen atoms in total. The topological polar surface area (TPSA) is 193 Å². The molecule has 3 aromatic carbocycles. The summed E-state index contributed by atoms with van der Waals surface area (Å²) in [6.45, 7) is 11.5. The summed E-state index contributed by atoms with van der Waals surface area (Å²) < 4.78 is 47.0. The number of nitriles is 1. The highest BCUT2D eigenvalue weighted by Gasteiger charge is 2.51. The number of carbonyl (C=O) groups excluding carboxylic acids is 4. The van der Waals surface area contributed by atoms with Crippen LogP contribution in [0.15, 0.2) is 90.6 Å². The maximum absolute atomic E-state index is 14.0. The van der Waals surface area contributed by atoms with Crippen molar-refractivity contribution < 1.29 is 42.2 Å². The van der Waals surface area contributed by atoms with Crippen LogP contribution in [0.5, 0.6) is 0 Å². The van der Waals surface area contributed by atoms with E-state index in [1.165, 1.54) is 11.0 Å². The van der Waals surface area contributed by atoms with Crippen LogP contribution in [-0.2, 0) is 36.6 Å². The number of aromatic nitrogens is 2. The highest BCUT2D eigenvalue weighted by atomic mass is 32.1. The average molecular weight is 1020 g/mol. The highest BCUT2D eigenvalue weighted by molar-refractivity contribution is 7.81. The molecule has 72 heavy (non-hydrogen) atoms. The zero-order valence-electron chi connectivity index (χ0n) is 40.7. The zero-order valence-corrected chi connectivity index (χ0v) is 42.3. The Hall–Kier alpha value is -6.79. The molecule has 4 amide bonds. The molecule has 0 aliphatic carbocycles. The first-order valence-corrected chi connectivity index (χ1v) is 24.6. The van der Waals surface area contributed by atoms with Gasteiger partial charge in [0.25, 0.3) is 5.91 Å². The number of pyridine rings is 1. The lowest BCUT2D eigenvalue weighted by Gasteiger charge is -2.35. The minimum atomic E-state index is -4.81. The van der Waals surface area contributed by atoms with Crippen LogP contribution in [0.4, 0.5) is 30.4 Å². The van der Waals surface area contributed by atoms with E-state index < -0.39 is 64.2 Å². The molecule has 3 atom stereocenters. The van der Waals surface area contributed by atoms with Crippen LogP contribution in [0.1, 0.15) is 76.3 Å². The van der Waals surface area contributed by atoms with Crippen molar-refractivity contribution in [3.05, 3.63) is 113 Å². The summed E-state index contributed by atoms with van der Waals surface area (Å²) in [5.41, 5.74) is 3.11. The van der Waals surface area contributed by atoms with Gasteiger partial charge < -0.3 is 35.6 Å². The lowest BCUT2D eigenvalue weighted by Crippen LogP contribution is -2.58. The first kappa shape index (κ1) is 53.0. The predicted octanol–water partition coefficient (Wildman–Crippen LogP) is 8.01. The van der Waals surface area contributed by atoms with Crippen LogP contribution in [0, 0.1) is 23.7 Å². The van der Waals surface area contributed by atoms with Crippen LogP contribution in [-0.4, -0.2) is 98.7 Å². The molecule has 4 heterocycles. The third-order valence-corrected chi connectivity index (χ3v) is 13.9. The lowest BCUT2D eigenvalue weighted by molar-refractivity contribution is -0.144. The van der Waals surface area contributed by atoms with Crippen molar-refractivity contribution in [1.82, 2.24) is 25.5 Å². The van der Waals surface area contributed by atoms with Gasteiger partial charge in [-0.05, 0) is 110 Å². The largest absolute Gasteiger partial charge is 0.417 e. The third-order valence-electron chi connectivity index (χ3n) is 12.5. The van der Waals surface area contributed by atoms with E-state index in [0.717, 1.165) is 49.9 Å². The Morgan fingerprint density at radius 3 is 2.28 bits per heavy atom. The number of nitrogens with zero attached hydrogens (tertiary/aromatic N) is 6. The summed E-state index contributed by atoms with van der Waals surface area (Å²) in [5, 5.41) is 28.8. The molecule has 1 unspecified atom stereocenters. The molecule has 0 spiro atoms. The number of hydrogen-bond acceptors (Lipinski definition) is 12. The van der Waals surface area contributed by atoms with Crippen molar-refractivity contribution >= 4 is 69.5 Å². The van der Waals surface area contributed by atoms with Gasteiger partial charge in [0.05, 0.1) is 45.1 Å². The van der Waals surface area contributed by atoms with E-state index in [1.54, 1.807) is 60.0 Å². The number of halogens is 3.